The van der Waals surface area contributed by atoms with Gasteiger partial charge in [-0.05, 0) is 62.7 Å². The van der Waals surface area contributed by atoms with Gasteiger partial charge in [0.2, 0.25) is 0 Å². The van der Waals surface area contributed by atoms with Gasteiger partial charge in [0.15, 0.2) is 0 Å². The van der Waals surface area contributed by atoms with Crippen molar-refractivity contribution in [1.29, 1.82) is 0 Å². The largest absolute Gasteiger partial charge is 0.306 e. The van der Waals surface area contributed by atoms with Crippen molar-refractivity contribution < 1.29 is 8.42 Å². The van der Waals surface area contributed by atoms with Crippen molar-refractivity contribution in [3.05, 3.63) is 59.7 Å². The number of halogens is 1. The smallest absolute Gasteiger partial charge is 0.261 e. The van der Waals surface area contributed by atoms with E-state index in [-0.39, 0.29) is 12.4 Å². The van der Waals surface area contributed by atoms with Gasteiger partial charge in [0.25, 0.3) is 10.0 Å². The summed E-state index contributed by atoms with van der Waals surface area (Å²) in [5.41, 5.74) is 3.08. The van der Waals surface area contributed by atoms with Gasteiger partial charge in [0.1, 0.15) is 0 Å². The fourth-order valence-electron chi connectivity index (χ4n) is 3.13. The fraction of sp³-hybridized carbons (Fsp3) is 0.333. The molecule has 6 heteroatoms. The fourth-order valence-corrected chi connectivity index (χ4v) is 4.24. The Labute approximate surface area is 150 Å². The Morgan fingerprint density at radius 2 is 1.75 bits per heavy atom. The quantitative estimate of drug-likeness (QED) is 0.902. The van der Waals surface area contributed by atoms with Gasteiger partial charge in [-0.15, -0.1) is 12.4 Å². The van der Waals surface area contributed by atoms with E-state index in [1.165, 1.54) is 5.56 Å². The van der Waals surface area contributed by atoms with Crippen molar-refractivity contribution in [2.45, 2.75) is 30.2 Å². The molecule has 24 heavy (non-hydrogen) atoms. The molecule has 1 N–H and O–H groups in total. The number of nitrogens with one attached hydrogen (secondary N) is 1. The van der Waals surface area contributed by atoms with Crippen LogP contribution in [0.15, 0.2) is 53.4 Å². The number of hydrogen-bond acceptors (Lipinski definition) is 3. The minimum Gasteiger partial charge on any atom is -0.306 e. The van der Waals surface area contributed by atoms with E-state index in [0.717, 1.165) is 24.8 Å². The zero-order chi connectivity index (χ0) is 16.4. The second kappa shape index (κ2) is 7.55. The Bertz CT molecular complexity index is 792. The topological polar surface area (TPSA) is 49.4 Å². The normalized spacial score (nSPS) is 17.0. The Balaban J connectivity index is 0.00000208. The predicted octanol–water partition coefficient (Wildman–Crippen LogP) is 3.33. The van der Waals surface area contributed by atoms with Crippen LogP contribution >= 0.6 is 12.4 Å². The van der Waals surface area contributed by atoms with Crippen LogP contribution in [0.3, 0.4) is 0 Å². The molecule has 0 heterocycles. The molecule has 0 unspecified atom stereocenters. The van der Waals surface area contributed by atoms with E-state index in [2.05, 4.69) is 29.8 Å². The van der Waals surface area contributed by atoms with Crippen LogP contribution in [0.2, 0.25) is 0 Å². The molecule has 1 aliphatic rings. The number of fused-ring (bicyclic) bond motifs is 1. The zero-order valence-electron chi connectivity index (χ0n) is 13.9. The number of benzene rings is 2. The van der Waals surface area contributed by atoms with Crippen molar-refractivity contribution in [3.63, 3.8) is 0 Å². The van der Waals surface area contributed by atoms with Crippen LogP contribution in [0.5, 0.6) is 0 Å². The van der Waals surface area contributed by atoms with Gasteiger partial charge in [-0.25, -0.2) is 8.42 Å². The molecule has 0 saturated heterocycles. The SMILES string of the molecule is CN(C)[C@@H]1CCc2c(cccc2NS(=O)(=O)c2ccccc2)C1.Cl. The third-order valence-electron chi connectivity index (χ3n) is 4.48. The van der Waals surface area contributed by atoms with Crippen LogP contribution in [0.1, 0.15) is 17.5 Å². The molecule has 0 saturated carbocycles. The zero-order valence-corrected chi connectivity index (χ0v) is 15.5. The minimum absolute atomic E-state index is 0. The first kappa shape index (κ1) is 18.8. The molecule has 0 aromatic heterocycles. The Morgan fingerprint density at radius 3 is 2.42 bits per heavy atom. The molecule has 0 aliphatic heterocycles. The highest BCUT2D eigenvalue weighted by molar-refractivity contribution is 7.92. The van der Waals surface area contributed by atoms with Gasteiger partial charge in [0, 0.05) is 6.04 Å². The molecular formula is C18H23ClN2O2S. The van der Waals surface area contributed by atoms with Crippen LogP contribution in [0.25, 0.3) is 0 Å². The van der Waals surface area contributed by atoms with E-state index in [4.69, 9.17) is 0 Å². The molecule has 4 nitrogen and oxygen atoms in total. The van der Waals surface area contributed by atoms with Crippen molar-refractivity contribution in [2.75, 3.05) is 18.8 Å². The van der Waals surface area contributed by atoms with E-state index in [1.54, 1.807) is 24.3 Å². The maximum absolute atomic E-state index is 12.5. The average Bonchev–Trinajstić information content (AvgIpc) is 2.55. The highest BCUT2D eigenvalue weighted by Gasteiger charge is 2.23. The molecule has 0 radical (unpaired) electrons. The molecule has 3 rings (SSSR count). The van der Waals surface area contributed by atoms with Crippen molar-refractivity contribution in [2.24, 2.45) is 0 Å². The van der Waals surface area contributed by atoms with E-state index in [1.807, 2.05) is 18.2 Å². The summed E-state index contributed by atoms with van der Waals surface area (Å²) >= 11 is 0. The molecule has 0 fully saturated rings. The number of anilines is 1. The van der Waals surface area contributed by atoms with E-state index >= 15 is 0 Å². The van der Waals surface area contributed by atoms with Crippen molar-refractivity contribution >= 4 is 28.1 Å². The van der Waals surface area contributed by atoms with Crippen LogP contribution in [0, 0.1) is 0 Å². The highest BCUT2D eigenvalue weighted by Crippen LogP contribution is 2.30. The summed E-state index contributed by atoms with van der Waals surface area (Å²) in [4.78, 5) is 2.53. The number of sulfonamides is 1. The lowest BCUT2D eigenvalue weighted by Crippen LogP contribution is -2.33. The lowest BCUT2D eigenvalue weighted by molar-refractivity contribution is 0.268. The third kappa shape index (κ3) is 3.91. The summed E-state index contributed by atoms with van der Waals surface area (Å²) in [6.07, 6.45) is 2.90. The summed E-state index contributed by atoms with van der Waals surface area (Å²) < 4.78 is 27.8. The number of nitrogens with zero attached hydrogens (tertiary/aromatic N) is 1. The third-order valence-corrected chi connectivity index (χ3v) is 5.87. The van der Waals surface area contributed by atoms with Crippen LogP contribution in [-0.2, 0) is 22.9 Å². The first-order chi connectivity index (χ1) is 11.0. The van der Waals surface area contributed by atoms with Crippen molar-refractivity contribution in [1.82, 2.24) is 4.90 Å². The van der Waals surface area contributed by atoms with Gasteiger partial charge in [-0.3, -0.25) is 4.72 Å². The van der Waals surface area contributed by atoms with Crippen LogP contribution in [-0.4, -0.2) is 33.5 Å². The average molecular weight is 367 g/mol. The predicted molar refractivity (Wildman–Crippen MR) is 100 cm³/mol. The minimum atomic E-state index is -3.54. The monoisotopic (exact) mass is 366 g/mol. The second-order valence-electron chi connectivity index (χ2n) is 6.22. The molecule has 2 aromatic rings. The molecule has 0 spiro atoms. The summed E-state index contributed by atoms with van der Waals surface area (Å²) in [5.74, 6) is 0. The molecule has 0 bridgehead atoms. The van der Waals surface area contributed by atoms with Gasteiger partial charge in [0.05, 0.1) is 10.6 Å². The lowest BCUT2D eigenvalue weighted by Gasteiger charge is -2.31. The number of rotatable bonds is 4. The van der Waals surface area contributed by atoms with E-state index in [9.17, 15) is 8.42 Å². The van der Waals surface area contributed by atoms with E-state index in [0.29, 0.717) is 16.6 Å². The molecule has 1 atom stereocenters. The van der Waals surface area contributed by atoms with Gasteiger partial charge >= 0.3 is 0 Å². The molecule has 0 amide bonds. The lowest BCUT2D eigenvalue weighted by atomic mass is 9.87. The number of likely N-dealkylation sites (N-methyl/N-ethyl adjacent to an activating group) is 1. The summed E-state index contributed by atoms with van der Waals surface area (Å²) in [5, 5.41) is 0. The standard InChI is InChI=1S/C18H22N2O2S.ClH/c1-20(2)15-11-12-17-14(13-15)7-6-10-18(17)19-23(21,22)16-8-4-3-5-9-16;/h3-10,15,19H,11-13H2,1-2H3;1H/t15-;/m1./s1. The van der Waals surface area contributed by atoms with Crippen molar-refractivity contribution in [3.8, 4) is 0 Å². The van der Waals surface area contributed by atoms with Crippen LogP contribution < -0.4 is 4.72 Å². The Kier molecular flexibility index (Phi) is 5.91. The maximum atomic E-state index is 12.5. The first-order valence-electron chi connectivity index (χ1n) is 7.82. The molecular weight excluding hydrogens is 344 g/mol. The molecule has 2 aromatic carbocycles. The molecule has 130 valence electrons. The highest BCUT2D eigenvalue weighted by atomic mass is 35.5. The van der Waals surface area contributed by atoms with Gasteiger partial charge < -0.3 is 4.90 Å². The Morgan fingerprint density at radius 1 is 1.04 bits per heavy atom. The van der Waals surface area contributed by atoms with Gasteiger partial charge in [-0.1, -0.05) is 30.3 Å². The second-order valence-corrected chi connectivity index (χ2v) is 7.90. The maximum Gasteiger partial charge on any atom is 0.261 e. The number of hydrogen-bond donors (Lipinski definition) is 1. The molecule has 1 aliphatic carbocycles. The summed E-state index contributed by atoms with van der Waals surface area (Å²) in [6.45, 7) is 0. The first-order valence-corrected chi connectivity index (χ1v) is 9.31. The summed E-state index contributed by atoms with van der Waals surface area (Å²) in [6, 6.07) is 14.9. The van der Waals surface area contributed by atoms with Gasteiger partial charge in [-0.2, -0.15) is 0 Å². The Hall–Kier alpha value is -1.56. The summed E-state index contributed by atoms with van der Waals surface area (Å²) in [7, 11) is 0.653. The van der Waals surface area contributed by atoms with Crippen LogP contribution in [0.4, 0.5) is 5.69 Å². The van der Waals surface area contributed by atoms with E-state index < -0.39 is 10.0 Å².